The van der Waals surface area contributed by atoms with E-state index in [1.54, 1.807) is 0 Å². The lowest BCUT2D eigenvalue weighted by Crippen LogP contribution is -2.33. The van der Waals surface area contributed by atoms with Gasteiger partial charge in [0.1, 0.15) is 5.75 Å². The number of rotatable bonds is 6. The second-order valence-electron chi connectivity index (χ2n) is 6.26. The topological polar surface area (TPSA) is 87.1 Å². The third kappa shape index (κ3) is 9.40. The summed E-state index contributed by atoms with van der Waals surface area (Å²) >= 11 is 9.51. The molecule has 0 aliphatic carbocycles. The summed E-state index contributed by atoms with van der Waals surface area (Å²) in [6, 6.07) is 5.74. The monoisotopic (exact) mass is 449 g/mol. The molecule has 8 heteroatoms. The van der Waals surface area contributed by atoms with Gasteiger partial charge in [0.2, 0.25) is 0 Å². The van der Waals surface area contributed by atoms with E-state index in [-0.39, 0.29) is 0 Å². The minimum atomic E-state index is -1.82. The molecule has 6 nitrogen and oxygen atoms in total. The zero-order chi connectivity index (χ0) is 19.5. The van der Waals surface area contributed by atoms with Gasteiger partial charge in [-0.05, 0) is 69.4 Å². The van der Waals surface area contributed by atoms with Gasteiger partial charge in [0.25, 0.3) is 0 Å². The van der Waals surface area contributed by atoms with E-state index in [0.29, 0.717) is 5.02 Å². The van der Waals surface area contributed by atoms with Gasteiger partial charge in [-0.15, -0.1) is 0 Å². The number of carbonyl (C=O) groups is 2. The van der Waals surface area contributed by atoms with Crippen LogP contribution in [0.5, 0.6) is 5.75 Å². The molecule has 1 aromatic rings. The van der Waals surface area contributed by atoms with Crippen LogP contribution in [0.4, 0.5) is 0 Å². The third-order valence-electron chi connectivity index (χ3n) is 4.08. The van der Waals surface area contributed by atoms with Crippen LogP contribution in [0.2, 0.25) is 5.02 Å². The Labute approximate surface area is 167 Å². The molecule has 1 saturated heterocycles. The van der Waals surface area contributed by atoms with Crippen LogP contribution in [-0.2, 0) is 9.59 Å². The zero-order valence-electron chi connectivity index (χ0n) is 14.8. The number of ether oxygens (including phenoxy) is 1. The van der Waals surface area contributed by atoms with E-state index in [2.05, 4.69) is 27.8 Å². The number of hydrogen-bond donors (Lipinski definition) is 2. The van der Waals surface area contributed by atoms with Gasteiger partial charge in [0.05, 0.1) is 11.6 Å². The van der Waals surface area contributed by atoms with E-state index in [9.17, 15) is 0 Å². The molecule has 0 aromatic heterocycles. The number of hydrogen-bond acceptors (Lipinski definition) is 4. The molecule has 146 valence electrons. The Balaban J connectivity index is 0.000000487. The fourth-order valence-corrected chi connectivity index (χ4v) is 3.23. The summed E-state index contributed by atoms with van der Waals surface area (Å²) in [5.41, 5.74) is 0. The summed E-state index contributed by atoms with van der Waals surface area (Å²) in [4.78, 5) is 20.8. The van der Waals surface area contributed by atoms with Gasteiger partial charge < -0.3 is 19.8 Å². The normalized spacial score (nSPS) is 15.0. The van der Waals surface area contributed by atoms with Crippen molar-refractivity contribution in [2.45, 2.75) is 32.6 Å². The number of piperidine rings is 1. The van der Waals surface area contributed by atoms with Gasteiger partial charge >= 0.3 is 11.9 Å². The van der Waals surface area contributed by atoms with Crippen molar-refractivity contribution < 1.29 is 24.5 Å². The molecular formula is C18H25BrClNO5. The molecule has 0 unspecified atom stereocenters. The van der Waals surface area contributed by atoms with Gasteiger partial charge in [-0.25, -0.2) is 9.59 Å². The number of nitrogens with zero attached hydrogens (tertiary/aromatic N) is 1. The molecule has 0 amide bonds. The predicted molar refractivity (Wildman–Crippen MR) is 104 cm³/mol. The molecule has 1 heterocycles. The van der Waals surface area contributed by atoms with E-state index >= 15 is 0 Å². The average molecular weight is 451 g/mol. The van der Waals surface area contributed by atoms with Crippen molar-refractivity contribution in [2.24, 2.45) is 5.92 Å². The number of aliphatic carboxylic acids is 2. The van der Waals surface area contributed by atoms with E-state index in [0.717, 1.165) is 29.2 Å². The van der Waals surface area contributed by atoms with Crippen LogP contribution in [0.15, 0.2) is 22.7 Å². The predicted octanol–water partition coefficient (Wildman–Crippen LogP) is 4.15. The van der Waals surface area contributed by atoms with Gasteiger partial charge in [0, 0.05) is 4.47 Å². The van der Waals surface area contributed by atoms with E-state index in [1.165, 1.54) is 38.9 Å². The second kappa shape index (κ2) is 12.1. The lowest BCUT2D eigenvalue weighted by Gasteiger charge is -2.30. The highest BCUT2D eigenvalue weighted by atomic mass is 79.9. The Kier molecular flexibility index (Phi) is 10.6. The maximum atomic E-state index is 9.10. The Morgan fingerprint density at radius 3 is 2.38 bits per heavy atom. The maximum Gasteiger partial charge on any atom is 0.414 e. The first-order valence-corrected chi connectivity index (χ1v) is 9.73. The SMILES string of the molecule is CC1CCN(CCCCOc2ccc(Br)cc2Cl)CC1.O=C(O)C(=O)O. The van der Waals surface area contributed by atoms with Crippen molar-refractivity contribution in [3.63, 3.8) is 0 Å². The van der Waals surface area contributed by atoms with Crippen LogP contribution in [0.3, 0.4) is 0 Å². The number of likely N-dealkylation sites (tertiary alicyclic amines) is 1. The number of unbranched alkanes of at least 4 members (excludes halogenated alkanes) is 1. The standard InChI is InChI=1S/C16H23BrClNO.C2H2O4/c1-13-6-9-19(10-7-13)8-2-3-11-20-16-5-4-14(17)12-15(16)18;3-1(4)2(5)6/h4-5,12-13H,2-3,6-11H2,1H3;(H,3,4)(H,5,6). The Hall–Kier alpha value is -1.31. The van der Waals surface area contributed by atoms with E-state index in [1.807, 2.05) is 18.2 Å². The number of carboxylic acids is 2. The lowest BCUT2D eigenvalue weighted by molar-refractivity contribution is -0.159. The largest absolute Gasteiger partial charge is 0.492 e. The first kappa shape index (κ1) is 22.7. The van der Waals surface area contributed by atoms with Crippen LogP contribution < -0.4 is 4.74 Å². The number of benzene rings is 1. The summed E-state index contributed by atoms with van der Waals surface area (Å²) in [6.07, 6.45) is 4.98. The van der Waals surface area contributed by atoms with Crippen LogP contribution >= 0.6 is 27.5 Å². The first-order chi connectivity index (χ1) is 12.3. The number of halogens is 2. The van der Waals surface area contributed by atoms with Gasteiger partial charge in [-0.2, -0.15) is 0 Å². The summed E-state index contributed by atoms with van der Waals surface area (Å²) in [5.74, 6) is -1.96. The fraction of sp³-hybridized carbons (Fsp3) is 0.556. The van der Waals surface area contributed by atoms with Gasteiger partial charge in [-0.1, -0.05) is 34.5 Å². The quantitative estimate of drug-likeness (QED) is 0.500. The van der Waals surface area contributed by atoms with Crippen LogP contribution in [0.1, 0.15) is 32.6 Å². The molecule has 0 radical (unpaired) electrons. The summed E-state index contributed by atoms with van der Waals surface area (Å²) in [7, 11) is 0. The van der Waals surface area contributed by atoms with Crippen molar-refractivity contribution >= 4 is 39.5 Å². The summed E-state index contributed by atoms with van der Waals surface area (Å²) < 4.78 is 6.71. The van der Waals surface area contributed by atoms with Gasteiger partial charge in [-0.3, -0.25) is 0 Å². The van der Waals surface area contributed by atoms with E-state index < -0.39 is 11.9 Å². The maximum absolute atomic E-state index is 9.10. The highest BCUT2D eigenvalue weighted by molar-refractivity contribution is 9.10. The zero-order valence-corrected chi connectivity index (χ0v) is 17.1. The molecule has 2 rings (SSSR count). The molecule has 1 aliphatic heterocycles. The second-order valence-corrected chi connectivity index (χ2v) is 7.59. The Bertz CT molecular complexity index is 579. The van der Waals surface area contributed by atoms with Gasteiger partial charge in [0.15, 0.2) is 0 Å². The van der Waals surface area contributed by atoms with Crippen molar-refractivity contribution in [1.29, 1.82) is 0 Å². The molecule has 26 heavy (non-hydrogen) atoms. The van der Waals surface area contributed by atoms with Crippen molar-refractivity contribution in [3.8, 4) is 5.75 Å². The molecule has 1 fully saturated rings. The molecule has 0 spiro atoms. The summed E-state index contributed by atoms with van der Waals surface area (Å²) in [6.45, 7) is 6.82. The molecule has 0 atom stereocenters. The minimum Gasteiger partial charge on any atom is -0.492 e. The van der Waals surface area contributed by atoms with E-state index in [4.69, 9.17) is 36.1 Å². The molecule has 0 bridgehead atoms. The van der Waals surface area contributed by atoms with Crippen LogP contribution in [-0.4, -0.2) is 53.3 Å². The Morgan fingerprint density at radius 2 is 1.85 bits per heavy atom. The lowest BCUT2D eigenvalue weighted by atomic mass is 9.99. The summed E-state index contributed by atoms with van der Waals surface area (Å²) in [5, 5.41) is 15.5. The molecule has 1 aromatic carbocycles. The Morgan fingerprint density at radius 1 is 1.23 bits per heavy atom. The van der Waals surface area contributed by atoms with Crippen molar-refractivity contribution in [2.75, 3.05) is 26.2 Å². The van der Waals surface area contributed by atoms with Crippen LogP contribution in [0, 0.1) is 5.92 Å². The van der Waals surface area contributed by atoms with Crippen molar-refractivity contribution in [1.82, 2.24) is 4.90 Å². The first-order valence-electron chi connectivity index (χ1n) is 8.56. The molecule has 0 saturated carbocycles. The molecule has 2 N–H and O–H groups in total. The van der Waals surface area contributed by atoms with Crippen LogP contribution in [0.25, 0.3) is 0 Å². The smallest absolute Gasteiger partial charge is 0.414 e. The highest BCUT2D eigenvalue weighted by Crippen LogP contribution is 2.27. The molecule has 1 aliphatic rings. The number of carboxylic acid groups (broad SMARTS) is 2. The minimum absolute atomic E-state index is 0.671. The third-order valence-corrected chi connectivity index (χ3v) is 4.87. The molecular weight excluding hydrogens is 426 g/mol. The fourth-order valence-electron chi connectivity index (χ4n) is 2.50. The average Bonchev–Trinajstić information content (AvgIpc) is 2.58. The van der Waals surface area contributed by atoms with Crippen molar-refractivity contribution in [3.05, 3.63) is 27.7 Å². The highest BCUT2D eigenvalue weighted by Gasteiger charge is 2.14.